The maximum absolute atomic E-state index is 13.2. The number of amides is 3. The van der Waals surface area contributed by atoms with Gasteiger partial charge in [0.15, 0.2) is 5.82 Å². The molecule has 1 aliphatic carbocycles. The average molecular weight is 558 g/mol. The number of aliphatic hydroxyl groups excluding tert-OH is 1. The van der Waals surface area contributed by atoms with E-state index in [2.05, 4.69) is 27.4 Å². The Morgan fingerprint density at radius 2 is 1.95 bits per heavy atom. The molecule has 0 bridgehead atoms. The smallest absolute Gasteiger partial charge is 0.319 e. The lowest BCUT2D eigenvalue weighted by molar-refractivity contribution is 0.0731. The molecule has 41 heavy (non-hydrogen) atoms. The van der Waals surface area contributed by atoms with Crippen LogP contribution in [0.2, 0.25) is 0 Å². The fourth-order valence-electron chi connectivity index (χ4n) is 5.81. The van der Waals surface area contributed by atoms with E-state index >= 15 is 0 Å². The molecule has 2 aliphatic heterocycles. The Balaban J connectivity index is 1.26. The summed E-state index contributed by atoms with van der Waals surface area (Å²) in [6.07, 6.45) is 5.81. The van der Waals surface area contributed by atoms with Crippen molar-refractivity contribution in [1.29, 1.82) is 0 Å². The number of nitrogens with zero attached hydrogens (tertiary/aromatic N) is 5. The van der Waals surface area contributed by atoms with E-state index in [1.54, 1.807) is 24.5 Å². The lowest BCUT2D eigenvalue weighted by atomic mass is 10.0. The van der Waals surface area contributed by atoms with E-state index in [-0.39, 0.29) is 24.0 Å². The highest BCUT2D eigenvalue weighted by Gasteiger charge is 2.31. The van der Waals surface area contributed by atoms with Crippen LogP contribution in [0.1, 0.15) is 47.8 Å². The lowest BCUT2D eigenvalue weighted by Gasteiger charge is -2.37. The molecular weight excluding hydrogens is 522 g/mol. The van der Waals surface area contributed by atoms with Crippen molar-refractivity contribution >= 4 is 23.4 Å². The second kappa shape index (κ2) is 11.8. The molecule has 1 aromatic carbocycles. The molecule has 0 spiro atoms. The molecule has 6 rings (SSSR count). The van der Waals surface area contributed by atoms with Gasteiger partial charge in [0.25, 0.3) is 5.91 Å². The van der Waals surface area contributed by atoms with Gasteiger partial charge in [-0.15, -0.1) is 0 Å². The number of ether oxygens (including phenoxy) is 1. The van der Waals surface area contributed by atoms with Crippen molar-refractivity contribution in [1.82, 2.24) is 25.2 Å². The van der Waals surface area contributed by atoms with Crippen LogP contribution in [0.5, 0.6) is 0 Å². The summed E-state index contributed by atoms with van der Waals surface area (Å²) < 4.78 is 5.68. The number of benzene rings is 1. The summed E-state index contributed by atoms with van der Waals surface area (Å²) in [6, 6.07) is 10.6. The predicted molar refractivity (Wildman–Crippen MR) is 154 cm³/mol. The minimum Gasteiger partial charge on any atom is -0.391 e. The highest BCUT2D eigenvalue weighted by Crippen LogP contribution is 2.32. The van der Waals surface area contributed by atoms with Crippen molar-refractivity contribution in [2.24, 2.45) is 0 Å². The predicted octanol–water partition coefficient (Wildman–Crippen LogP) is 3.00. The summed E-state index contributed by atoms with van der Waals surface area (Å²) in [4.78, 5) is 43.9. The molecule has 214 valence electrons. The number of nitrogens with one attached hydrogen (secondary N) is 2. The van der Waals surface area contributed by atoms with E-state index in [4.69, 9.17) is 14.7 Å². The molecule has 1 unspecified atom stereocenters. The second-order valence-corrected chi connectivity index (χ2v) is 10.9. The van der Waals surface area contributed by atoms with E-state index in [9.17, 15) is 14.7 Å². The van der Waals surface area contributed by atoms with E-state index < -0.39 is 6.10 Å². The van der Waals surface area contributed by atoms with Gasteiger partial charge in [0.05, 0.1) is 49.2 Å². The molecular formula is C30H35N7O4. The Morgan fingerprint density at radius 1 is 1.10 bits per heavy atom. The van der Waals surface area contributed by atoms with Crippen LogP contribution in [0.25, 0.3) is 11.4 Å². The molecule has 3 atom stereocenters. The molecule has 11 nitrogen and oxygen atoms in total. The quantitative estimate of drug-likeness (QED) is 0.436. The summed E-state index contributed by atoms with van der Waals surface area (Å²) >= 11 is 0. The molecule has 11 heteroatoms. The van der Waals surface area contributed by atoms with Crippen molar-refractivity contribution in [3.8, 4) is 11.4 Å². The maximum Gasteiger partial charge on any atom is 0.319 e. The standard InChI is InChI=1S/C30H35N7O4/c1-19-18-41-15-14-37(19)28-23-11-13-36(29(39)21-4-3-12-31-16-21)17-25(23)33-27(35-28)20-7-9-22(10-8-20)32-30(40)34-24-5-2-6-26(24)38/h3-4,7-10,12,16,19,24,26,38H,2,5-6,11,13-15,17-18H2,1H3,(H2,32,34,40)/t19?,24-,26-/m0/s1. The number of fused-ring (bicyclic) bond motifs is 1. The lowest BCUT2D eigenvalue weighted by Crippen LogP contribution is -2.45. The number of carbonyl (C=O) groups excluding carboxylic acids is 2. The third-order valence-electron chi connectivity index (χ3n) is 8.08. The summed E-state index contributed by atoms with van der Waals surface area (Å²) in [5.41, 5.74) is 3.90. The van der Waals surface area contributed by atoms with E-state index in [0.29, 0.717) is 56.2 Å². The zero-order valence-electron chi connectivity index (χ0n) is 23.1. The van der Waals surface area contributed by atoms with Gasteiger partial charge in [-0.1, -0.05) is 0 Å². The number of hydrogen-bond donors (Lipinski definition) is 3. The third kappa shape index (κ3) is 5.86. The Bertz CT molecular complexity index is 1400. The van der Waals surface area contributed by atoms with Gasteiger partial charge in [0, 0.05) is 42.3 Å². The van der Waals surface area contributed by atoms with Crippen LogP contribution in [0, 0.1) is 0 Å². The highest BCUT2D eigenvalue weighted by atomic mass is 16.5. The number of pyridine rings is 1. The first-order chi connectivity index (χ1) is 20.0. The van der Waals surface area contributed by atoms with Crippen molar-refractivity contribution < 1.29 is 19.4 Å². The minimum absolute atomic E-state index is 0.0657. The molecule has 1 saturated heterocycles. The summed E-state index contributed by atoms with van der Waals surface area (Å²) in [6.45, 7) is 5.08. The minimum atomic E-state index is -0.497. The van der Waals surface area contributed by atoms with Gasteiger partial charge in [0.1, 0.15) is 5.82 Å². The normalized spacial score (nSPS) is 22.2. The number of urea groups is 1. The largest absolute Gasteiger partial charge is 0.391 e. The molecule has 3 aromatic rings. The van der Waals surface area contributed by atoms with Gasteiger partial charge in [-0.2, -0.15) is 0 Å². The van der Waals surface area contributed by atoms with Gasteiger partial charge < -0.3 is 30.3 Å². The fourth-order valence-corrected chi connectivity index (χ4v) is 5.81. The van der Waals surface area contributed by atoms with Crippen molar-refractivity contribution in [2.75, 3.05) is 36.5 Å². The molecule has 2 aromatic heterocycles. The Labute approximate surface area is 239 Å². The molecule has 3 aliphatic rings. The number of rotatable bonds is 5. The first kappa shape index (κ1) is 27.1. The first-order valence-corrected chi connectivity index (χ1v) is 14.3. The van der Waals surface area contributed by atoms with Gasteiger partial charge in [0.2, 0.25) is 0 Å². The zero-order valence-corrected chi connectivity index (χ0v) is 23.1. The number of carbonyl (C=O) groups is 2. The van der Waals surface area contributed by atoms with Gasteiger partial charge in [-0.3, -0.25) is 9.78 Å². The topological polar surface area (TPSA) is 133 Å². The fraction of sp³-hybridized carbons (Fsp3) is 0.433. The highest BCUT2D eigenvalue weighted by molar-refractivity contribution is 5.94. The van der Waals surface area contributed by atoms with Gasteiger partial charge in [-0.05, 0) is 69.0 Å². The van der Waals surface area contributed by atoms with E-state index in [1.165, 1.54) is 0 Å². The Hall–Kier alpha value is -4.09. The molecule has 2 fully saturated rings. The van der Waals surface area contributed by atoms with Crippen LogP contribution < -0.4 is 15.5 Å². The van der Waals surface area contributed by atoms with Crippen molar-refractivity contribution in [2.45, 2.75) is 57.3 Å². The van der Waals surface area contributed by atoms with Crippen LogP contribution in [-0.2, 0) is 17.7 Å². The zero-order chi connectivity index (χ0) is 28.3. The number of aliphatic hydroxyl groups is 1. The van der Waals surface area contributed by atoms with Crippen LogP contribution >= 0.6 is 0 Å². The number of morpholine rings is 1. The Morgan fingerprint density at radius 3 is 2.68 bits per heavy atom. The van der Waals surface area contributed by atoms with Crippen molar-refractivity contribution in [3.05, 3.63) is 65.6 Å². The number of anilines is 2. The van der Waals surface area contributed by atoms with E-state index in [0.717, 1.165) is 42.0 Å². The Kier molecular flexibility index (Phi) is 7.80. The first-order valence-electron chi connectivity index (χ1n) is 14.3. The van der Waals surface area contributed by atoms with Crippen LogP contribution in [-0.4, -0.2) is 81.4 Å². The van der Waals surface area contributed by atoms with Crippen LogP contribution in [0.15, 0.2) is 48.8 Å². The molecule has 3 N–H and O–H groups in total. The average Bonchev–Trinajstić information content (AvgIpc) is 3.40. The molecule has 4 heterocycles. The second-order valence-electron chi connectivity index (χ2n) is 10.9. The summed E-state index contributed by atoms with van der Waals surface area (Å²) in [7, 11) is 0. The monoisotopic (exact) mass is 557 g/mol. The van der Waals surface area contributed by atoms with E-state index in [1.807, 2.05) is 29.2 Å². The SMILES string of the molecule is CC1COCCN1c1nc(-c2ccc(NC(=O)N[C@H]3CCC[C@@H]3O)cc2)nc2c1CCN(C(=O)c1cccnc1)C2. The summed E-state index contributed by atoms with van der Waals surface area (Å²) in [5, 5.41) is 15.7. The third-order valence-corrected chi connectivity index (χ3v) is 8.08. The van der Waals surface area contributed by atoms with Gasteiger partial charge >= 0.3 is 6.03 Å². The van der Waals surface area contributed by atoms with Crippen LogP contribution in [0.4, 0.5) is 16.3 Å². The summed E-state index contributed by atoms with van der Waals surface area (Å²) in [5.74, 6) is 1.40. The maximum atomic E-state index is 13.2. The molecule has 0 radical (unpaired) electrons. The number of hydrogen-bond acceptors (Lipinski definition) is 8. The molecule has 1 saturated carbocycles. The van der Waals surface area contributed by atoms with Crippen molar-refractivity contribution in [3.63, 3.8) is 0 Å². The van der Waals surface area contributed by atoms with Gasteiger partial charge in [-0.25, -0.2) is 14.8 Å². The molecule has 3 amide bonds. The van der Waals surface area contributed by atoms with Crippen LogP contribution in [0.3, 0.4) is 0 Å². The number of aromatic nitrogens is 3.